The van der Waals surface area contributed by atoms with E-state index in [0.29, 0.717) is 5.13 Å². The van der Waals surface area contributed by atoms with E-state index in [-0.39, 0.29) is 24.9 Å². The van der Waals surface area contributed by atoms with Crippen LogP contribution >= 0.6 is 11.3 Å². The molecule has 0 spiro atoms. The van der Waals surface area contributed by atoms with Crippen molar-refractivity contribution in [1.82, 2.24) is 14.8 Å². The summed E-state index contributed by atoms with van der Waals surface area (Å²) in [5.41, 5.74) is 0.881. The molecule has 7 heteroatoms. The Balaban J connectivity index is 2.38. The van der Waals surface area contributed by atoms with Crippen LogP contribution in [0.4, 0.5) is 5.13 Å². The molecule has 0 aliphatic rings. The highest BCUT2D eigenvalue weighted by Gasteiger charge is 2.12. The van der Waals surface area contributed by atoms with E-state index in [9.17, 15) is 9.59 Å². The van der Waals surface area contributed by atoms with Crippen LogP contribution in [-0.4, -0.2) is 60.8 Å². The topological polar surface area (TPSA) is 65.5 Å². The molecule has 0 unspecified atom stereocenters. The molecule has 100 valence electrons. The minimum Gasteiger partial charge on any atom is -0.348 e. The number of rotatable bonds is 5. The molecule has 0 bridgehead atoms. The van der Waals surface area contributed by atoms with E-state index in [1.54, 1.807) is 26.0 Å². The van der Waals surface area contributed by atoms with E-state index < -0.39 is 0 Å². The Morgan fingerprint density at radius 2 is 2.00 bits per heavy atom. The minimum atomic E-state index is -0.168. The number of anilines is 1. The average Bonchev–Trinajstić information content (AvgIpc) is 2.62. The molecule has 18 heavy (non-hydrogen) atoms. The van der Waals surface area contributed by atoms with Gasteiger partial charge in [0.15, 0.2) is 5.13 Å². The Kier molecular flexibility index (Phi) is 5.24. The summed E-state index contributed by atoms with van der Waals surface area (Å²) in [6.45, 7) is 2.25. The third-order valence-corrected chi connectivity index (χ3v) is 3.06. The van der Waals surface area contributed by atoms with Gasteiger partial charge in [0.05, 0.1) is 18.8 Å². The van der Waals surface area contributed by atoms with Crippen LogP contribution in [0.15, 0.2) is 5.38 Å². The van der Waals surface area contributed by atoms with Crippen LogP contribution in [0.25, 0.3) is 0 Å². The molecule has 2 amide bonds. The van der Waals surface area contributed by atoms with Crippen LogP contribution in [-0.2, 0) is 9.59 Å². The smallest absolute Gasteiger partial charge is 0.240 e. The van der Waals surface area contributed by atoms with Gasteiger partial charge in [-0.1, -0.05) is 0 Å². The van der Waals surface area contributed by atoms with Gasteiger partial charge in [0.25, 0.3) is 0 Å². The van der Waals surface area contributed by atoms with E-state index in [1.807, 2.05) is 12.3 Å². The molecule has 0 aliphatic carbocycles. The number of aromatic nitrogens is 1. The number of carbonyl (C=O) groups is 2. The van der Waals surface area contributed by atoms with Crippen molar-refractivity contribution in [2.75, 3.05) is 39.5 Å². The predicted octanol–water partition coefficient (Wildman–Crippen LogP) is 0.410. The molecule has 1 aromatic rings. The lowest BCUT2D eigenvalue weighted by Gasteiger charge is -2.17. The zero-order valence-corrected chi connectivity index (χ0v) is 11.9. The molecule has 0 atom stereocenters. The Morgan fingerprint density at radius 3 is 2.50 bits per heavy atom. The summed E-state index contributed by atoms with van der Waals surface area (Å²) in [6.07, 6.45) is 0. The van der Waals surface area contributed by atoms with E-state index in [1.165, 1.54) is 16.2 Å². The van der Waals surface area contributed by atoms with Gasteiger partial charge in [-0.15, -0.1) is 11.3 Å². The van der Waals surface area contributed by atoms with Gasteiger partial charge >= 0.3 is 0 Å². The number of likely N-dealkylation sites (N-methyl/N-ethyl adjacent to an activating group) is 2. The maximum Gasteiger partial charge on any atom is 0.240 e. The first-order chi connectivity index (χ1) is 8.38. The van der Waals surface area contributed by atoms with Crippen LogP contribution in [0, 0.1) is 6.92 Å². The van der Waals surface area contributed by atoms with Crippen LogP contribution in [0.5, 0.6) is 0 Å². The third-order valence-electron chi connectivity index (χ3n) is 2.18. The van der Waals surface area contributed by atoms with Crippen molar-refractivity contribution in [3.05, 3.63) is 11.1 Å². The number of hydrogen-bond donors (Lipinski definition) is 1. The summed E-state index contributed by atoms with van der Waals surface area (Å²) >= 11 is 1.39. The van der Waals surface area contributed by atoms with Crippen molar-refractivity contribution >= 4 is 28.3 Å². The molecule has 1 rings (SSSR count). The van der Waals surface area contributed by atoms with Crippen LogP contribution < -0.4 is 5.32 Å². The summed E-state index contributed by atoms with van der Waals surface area (Å²) < 4.78 is 0. The molecule has 0 saturated heterocycles. The van der Waals surface area contributed by atoms with Gasteiger partial charge in [-0.2, -0.15) is 0 Å². The third kappa shape index (κ3) is 4.80. The van der Waals surface area contributed by atoms with Crippen LogP contribution in [0.1, 0.15) is 5.69 Å². The summed E-state index contributed by atoms with van der Waals surface area (Å²) in [5.74, 6) is -0.200. The highest BCUT2D eigenvalue weighted by atomic mass is 32.1. The summed E-state index contributed by atoms with van der Waals surface area (Å²) in [6, 6.07) is 0. The van der Waals surface area contributed by atoms with Crippen molar-refractivity contribution in [1.29, 1.82) is 0 Å². The number of carbonyl (C=O) groups excluding carboxylic acids is 2. The molecule has 1 heterocycles. The SMILES string of the molecule is Cc1csc(NC(=O)CN(C)CC(=O)N(C)C)n1. The van der Waals surface area contributed by atoms with Crippen molar-refractivity contribution in [2.45, 2.75) is 6.92 Å². The second kappa shape index (κ2) is 6.46. The van der Waals surface area contributed by atoms with Gasteiger partial charge in [0, 0.05) is 19.5 Å². The highest BCUT2D eigenvalue weighted by molar-refractivity contribution is 7.13. The Hall–Kier alpha value is -1.47. The summed E-state index contributed by atoms with van der Waals surface area (Å²) in [7, 11) is 5.11. The highest BCUT2D eigenvalue weighted by Crippen LogP contribution is 2.13. The van der Waals surface area contributed by atoms with E-state index in [2.05, 4.69) is 10.3 Å². The minimum absolute atomic E-state index is 0.0320. The van der Waals surface area contributed by atoms with Crippen LogP contribution in [0.2, 0.25) is 0 Å². The molecule has 0 aliphatic heterocycles. The zero-order chi connectivity index (χ0) is 13.7. The number of aryl methyl sites for hydroxylation is 1. The quantitative estimate of drug-likeness (QED) is 0.841. The normalized spacial score (nSPS) is 10.5. The fraction of sp³-hybridized carbons (Fsp3) is 0.545. The average molecular weight is 270 g/mol. The Morgan fingerprint density at radius 1 is 1.33 bits per heavy atom. The lowest BCUT2D eigenvalue weighted by atomic mass is 10.4. The maximum absolute atomic E-state index is 11.7. The molecular weight excluding hydrogens is 252 g/mol. The monoisotopic (exact) mass is 270 g/mol. The summed E-state index contributed by atoms with van der Waals surface area (Å²) in [5, 5.41) is 5.16. The van der Waals surface area contributed by atoms with Crippen molar-refractivity contribution in [3.63, 3.8) is 0 Å². The molecular formula is C11H18N4O2S. The molecule has 0 fully saturated rings. The molecule has 1 aromatic heterocycles. The first-order valence-electron chi connectivity index (χ1n) is 5.49. The van der Waals surface area contributed by atoms with E-state index in [0.717, 1.165) is 5.69 Å². The van der Waals surface area contributed by atoms with Gasteiger partial charge in [-0.25, -0.2) is 4.98 Å². The zero-order valence-electron chi connectivity index (χ0n) is 11.1. The summed E-state index contributed by atoms with van der Waals surface area (Å²) in [4.78, 5) is 30.4. The fourth-order valence-electron chi connectivity index (χ4n) is 1.24. The van der Waals surface area contributed by atoms with Gasteiger partial charge < -0.3 is 10.2 Å². The lowest BCUT2D eigenvalue weighted by molar-refractivity contribution is -0.130. The number of thiazole rings is 1. The standard InChI is InChI=1S/C11H18N4O2S/c1-8-7-18-11(12-8)13-9(16)5-15(4)6-10(17)14(2)3/h7H,5-6H2,1-4H3,(H,12,13,16). The number of nitrogens with one attached hydrogen (secondary N) is 1. The predicted molar refractivity (Wildman–Crippen MR) is 71.7 cm³/mol. The Bertz CT molecular complexity index is 430. The molecule has 0 saturated carbocycles. The van der Waals surface area contributed by atoms with Crippen molar-refractivity contribution < 1.29 is 9.59 Å². The van der Waals surface area contributed by atoms with Crippen molar-refractivity contribution in [2.24, 2.45) is 0 Å². The number of amides is 2. The first kappa shape index (κ1) is 14.6. The fourth-order valence-corrected chi connectivity index (χ4v) is 1.95. The van der Waals surface area contributed by atoms with Crippen molar-refractivity contribution in [3.8, 4) is 0 Å². The Labute approximate surface area is 111 Å². The maximum atomic E-state index is 11.7. The van der Waals surface area contributed by atoms with Gasteiger partial charge in [0.1, 0.15) is 0 Å². The first-order valence-corrected chi connectivity index (χ1v) is 6.37. The van der Waals surface area contributed by atoms with E-state index in [4.69, 9.17) is 0 Å². The van der Waals surface area contributed by atoms with Gasteiger partial charge in [-0.3, -0.25) is 14.5 Å². The lowest BCUT2D eigenvalue weighted by Crippen LogP contribution is -2.38. The largest absolute Gasteiger partial charge is 0.348 e. The van der Waals surface area contributed by atoms with Crippen LogP contribution in [0.3, 0.4) is 0 Å². The number of nitrogens with zero attached hydrogens (tertiary/aromatic N) is 3. The van der Waals surface area contributed by atoms with E-state index >= 15 is 0 Å². The number of hydrogen-bond acceptors (Lipinski definition) is 5. The molecule has 6 nitrogen and oxygen atoms in total. The van der Waals surface area contributed by atoms with Gasteiger partial charge in [0.2, 0.25) is 11.8 Å². The molecule has 0 aromatic carbocycles. The second-order valence-corrected chi connectivity index (χ2v) is 5.16. The second-order valence-electron chi connectivity index (χ2n) is 4.30. The molecule has 1 N–H and O–H groups in total. The molecule has 0 radical (unpaired) electrons. The van der Waals surface area contributed by atoms with Gasteiger partial charge in [-0.05, 0) is 14.0 Å².